The Hall–Kier alpha value is -2.13. The van der Waals surface area contributed by atoms with Gasteiger partial charge in [-0.05, 0) is 48.2 Å². The zero-order valence-electron chi connectivity index (χ0n) is 13.2. The van der Waals surface area contributed by atoms with Crippen molar-refractivity contribution in [2.75, 3.05) is 10.6 Å². The van der Waals surface area contributed by atoms with Gasteiger partial charge >= 0.3 is 5.51 Å². The van der Waals surface area contributed by atoms with Crippen LogP contribution in [-0.4, -0.2) is 22.6 Å². The molecule has 1 atom stereocenters. The van der Waals surface area contributed by atoms with E-state index >= 15 is 0 Å². The first-order chi connectivity index (χ1) is 12.3. The summed E-state index contributed by atoms with van der Waals surface area (Å²) in [5, 5.41) is 4.80. The molecule has 1 aliphatic heterocycles. The van der Waals surface area contributed by atoms with Gasteiger partial charge in [0.05, 0.1) is 10.9 Å². The molecule has 3 rings (SSSR count). The normalized spacial score (nSPS) is 16.6. The number of benzene rings is 2. The van der Waals surface area contributed by atoms with Crippen molar-refractivity contribution in [2.24, 2.45) is 0 Å². The Morgan fingerprint density at radius 2 is 1.85 bits per heavy atom. The zero-order valence-corrected chi connectivity index (χ0v) is 14.8. The highest BCUT2D eigenvalue weighted by atomic mass is 32.2. The highest BCUT2D eigenvalue weighted by molar-refractivity contribution is 8.01. The Kier molecular flexibility index (Phi) is 5.47. The van der Waals surface area contributed by atoms with Gasteiger partial charge in [0, 0.05) is 21.9 Å². The molecule has 0 spiro atoms. The summed E-state index contributed by atoms with van der Waals surface area (Å²) in [6.07, 6.45) is -0.0378. The summed E-state index contributed by atoms with van der Waals surface area (Å²) in [4.78, 5) is 25.2. The van der Waals surface area contributed by atoms with Crippen LogP contribution in [0.3, 0.4) is 0 Å². The molecular weight excluding hydrogens is 385 g/mol. The third kappa shape index (κ3) is 4.95. The molecule has 0 fully saturated rings. The number of anilines is 2. The maximum absolute atomic E-state index is 12.3. The van der Waals surface area contributed by atoms with Gasteiger partial charge in [0.1, 0.15) is 0 Å². The van der Waals surface area contributed by atoms with Crippen molar-refractivity contribution in [3.8, 4) is 0 Å². The fourth-order valence-corrected chi connectivity index (χ4v) is 4.00. The van der Waals surface area contributed by atoms with Crippen LogP contribution in [0.25, 0.3) is 0 Å². The number of fused-ring (bicyclic) bond motifs is 1. The van der Waals surface area contributed by atoms with Gasteiger partial charge < -0.3 is 10.6 Å². The summed E-state index contributed by atoms with van der Waals surface area (Å²) < 4.78 is 36.9. The largest absolute Gasteiger partial charge is 0.446 e. The molecule has 1 aliphatic rings. The Morgan fingerprint density at radius 1 is 1.15 bits per heavy atom. The SMILES string of the molecule is O=C(CC1Sc2ccccc2NC1=O)Nc1ccc(SC(F)(F)F)cc1. The van der Waals surface area contributed by atoms with Crippen LogP contribution in [0.1, 0.15) is 6.42 Å². The van der Waals surface area contributed by atoms with Gasteiger partial charge in [0.15, 0.2) is 0 Å². The summed E-state index contributed by atoms with van der Waals surface area (Å²) in [5.41, 5.74) is -3.26. The van der Waals surface area contributed by atoms with E-state index in [0.29, 0.717) is 5.69 Å². The number of carbonyl (C=O) groups is 2. The van der Waals surface area contributed by atoms with Crippen molar-refractivity contribution in [2.45, 2.75) is 27.0 Å². The van der Waals surface area contributed by atoms with Crippen molar-refractivity contribution < 1.29 is 22.8 Å². The highest BCUT2D eigenvalue weighted by Gasteiger charge is 2.30. The minimum atomic E-state index is -4.35. The molecule has 9 heteroatoms. The lowest BCUT2D eigenvalue weighted by Crippen LogP contribution is -2.32. The molecule has 2 N–H and O–H groups in total. The van der Waals surface area contributed by atoms with Crippen molar-refractivity contribution in [3.05, 3.63) is 48.5 Å². The average molecular weight is 398 g/mol. The van der Waals surface area contributed by atoms with E-state index in [-0.39, 0.29) is 34.9 Å². The lowest BCUT2D eigenvalue weighted by atomic mass is 10.2. The second-order valence-electron chi connectivity index (χ2n) is 5.42. The quantitative estimate of drug-likeness (QED) is 0.731. The van der Waals surface area contributed by atoms with Gasteiger partial charge in [-0.3, -0.25) is 9.59 Å². The molecule has 0 saturated heterocycles. The van der Waals surface area contributed by atoms with Crippen LogP contribution < -0.4 is 10.6 Å². The summed E-state index contributed by atoms with van der Waals surface area (Å²) in [6, 6.07) is 12.7. The van der Waals surface area contributed by atoms with Crippen LogP contribution in [0.2, 0.25) is 0 Å². The number of nitrogens with one attached hydrogen (secondary N) is 2. The monoisotopic (exact) mass is 398 g/mol. The van der Waals surface area contributed by atoms with E-state index in [1.54, 1.807) is 6.07 Å². The van der Waals surface area contributed by atoms with Crippen molar-refractivity contribution in [1.29, 1.82) is 0 Å². The average Bonchev–Trinajstić information content (AvgIpc) is 2.56. The van der Waals surface area contributed by atoms with E-state index in [9.17, 15) is 22.8 Å². The topological polar surface area (TPSA) is 58.2 Å². The fourth-order valence-electron chi connectivity index (χ4n) is 2.35. The van der Waals surface area contributed by atoms with Crippen LogP contribution >= 0.6 is 23.5 Å². The third-order valence-corrected chi connectivity index (χ3v) is 5.46. The number of carbonyl (C=O) groups excluding carboxylic acids is 2. The predicted molar refractivity (Wildman–Crippen MR) is 96.3 cm³/mol. The molecule has 0 aliphatic carbocycles. The van der Waals surface area contributed by atoms with E-state index in [2.05, 4.69) is 10.6 Å². The standard InChI is InChI=1S/C17H13F3N2O2S2/c18-17(19,20)26-11-7-5-10(6-8-11)21-15(23)9-14-16(24)22-12-3-1-2-4-13(12)25-14/h1-8,14H,9H2,(H,21,23)(H,22,24). The lowest BCUT2D eigenvalue weighted by molar-refractivity contribution is -0.120. The Bertz CT molecular complexity index is 826. The second kappa shape index (κ2) is 7.63. The van der Waals surface area contributed by atoms with Crippen LogP contribution in [-0.2, 0) is 9.59 Å². The van der Waals surface area contributed by atoms with Crippen molar-refractivity contribution in [1.82, 2.24) is 0 Å². The van der Waals surface area contributed by atoms with Crippen molar-refractivity contribution in [3.63, 3.8) is 0 Å². The molecule has 0 bridgehead atoms. The molecule has 1 heterocycles. The number of para-hydroxylation sites is 1. The number of rotatable bonds is 4. The predicted octanol–water partition coefficient (Wildman–Crippen LogP) is 4.74. The molecular formula is C17H13F3N2O2S2. The molecule has 0 saturated carbocycles. The summed E-state index contributed by atoms with van der Waals surface area (Å²) in [5.74, 6) is -0.631. The zero-order chi connectivity index (χ0) is 18.7. The second-order valence-corrected chi connectivity index (χ2v) is 7.80. The van der Waals surface area contributed by atoms with Gasteiger partial charge in [-0.2, -0.15) is 13.2 Å². The highest BCUT2D eigenvalue weighted by Crippen LogP contribution is 2.38. The van der Waals surface area contributed by atoms with Gasteiger partial charge in [-0.15, -0.1) is 11.8 Å². The Labute approximate surface area is 155 Å². The number of hydrogen-bond donors (Lipinski definition) is 2. The Balaban J connectivity index is 1.58. The lowest BCUT2D eigenvalue weighted by Gasteiger charge is -2.23. The van der Waals surface area contributed by atoms with Crippen molar-refractivity contribution >= 4 is 46.7 Å². The van der Waals surface area contributed by atoms with E-state index in [0.717, 1.165) is 10.6 Å². The molecule has 4 nitrogen and oxygen atoms in total. The smallest absolute Gasteiger partial charge is 0.326 e. The fraction of sp³-hybridized carbons (Fsp3) is 0.176. The van der Waals surface area contributed by atoms with Crippen LogP contribution in [0.15, 0.2) is 58.3 Å². The minimum absolute atomic E-state index is 0.0364. The van der Waals surface area contributed by atoms with Gasteiger partial charge in [0.25, 0.3) is 0 Å². The van der Waals surface area contributed by atoms with Crippen LogP contribution in [0.5, 0.6) is 0 Å². The van der Waals surface area contributed by atoms with Gasteiger partial charge in [-0.25, -0.2) is 0 Å². The van der Waals surface area contributed by atoms with Gasteiger partial charge in [-0.1, -0.05) is 12.1 Å². The molecule has 0 aromatic heterocycles. The Morgan fingerprint density at radius 3 is 2.54 bits per heavy atom. The van der Waals surface area contributed by atoms with E-state index in [1.807, 2.05) is 18.2 Å². The summed E-state index contributed by atoms with van der Waals surface area (Å²) >= 11 is 1.09. The maximum atomic E-state index is 12.3. The first-order valence-electron chi connectivity index (χ1n) is 7.52. The van der Waals surface area contributed by atoms with Crippen LogP contribution in [0, 0.1) is 0 Å². The van der Waals surface area contributed by atoms with E-state index in [4.69, 9.17) is 0 Å². The maximum Gasteiger partial charge on any atom is 0.446 e. The summed E-state index contributed by atoms with van der Waals surface area (Å²) in [7, 11) is 0. The minimum Gasteiger partial charge on any atom is -0.326 e. The number of amides is 2. The molecule has 2 aromatic carbocycles. The number of thioether (sulfide) groups is 2. The first-order valence-corrected chi connectivity index (χ1v) is 9.22. The van der Waals surface area contributed by atoms with Crippen LogP contribution in [0.4, 0.5) is 24.5 Å². The first kappa shape index (κ1) is 18.7. The summed E-state index contributed by atoms with van der Waals surface area (Å²) in [6.45, 7) is 0. The van der Waals surface area contributed by atoms with E-state index in [1.165, 1.54) is 36.0 Å². The number of alkyl halides is 3. The van der Waals surface area contributed by atoms with E-state index < -0.39 is 10.8 Å². The molecule has 2 amide bonds. The molecule has 1 unspecified atom stereocenters. The number of hydrogen-bond acceptors (Lipinski definition) is 4. The molecule has 136 valence electrons. The molecule has 0 radical (unpaired) electrons. The third-order valence-electron chi connectivity index (χ3n) is 3.45. The van der Waals surface area contributed by atoms with Gasteiger partial charge in [0.2, 0.25) is 11.8 Å². The molecule has 2 aromatic rings. The number of halogens is 3. The molecule has 26 heavy (non-hydrogen) atoms.